The summed E-state index contributed by atoms with van der Waals surface area (Å²) in [6, 6.07) is 32.8. The summed E-state index contributed by atoms with van der Waals surface area (Å²) in [4.78, 5) is 30.7. The molecular weight excluding hydrogens is 502 g/mol. The van der Waals surface area contributed by atoms with Crippen molar-refractivity contribution in [2.24, 2.45) is 0 Å². The zero-order valence-electron chi connectivity index (χ0n) is 22.7. The van der Waals surface area contributed by atoms with Gasteiger partial charge in [-0.25, -0.2) is 0 Å². The summed E-state index contributed by atoms with van der Waals surface area (Å²) in [6.07, 6.45) is 0. The van der Waals surface area contributed by atoms with E-state index in [1.54, 1.807) is 32.4 Å². The average Bonchev–Trinajstić information content (AvgIpc) is 3.02. The van der Waals surface area contributed by atoms with Crippen LogP contribution in [0.1, 0.15) is 27.4 Å². The van der Waals surface area contributed by atoms with Crippen molar-refractivity contribution in [1.82, 2.24) is 4.90 Å². The normalized spacial score (nSPS) is 13.2. The fraction of sp³-hybridized carbons (Fsp3) is 0.212. The molecule has 0 atom stereocenters. The van der Waals surface area contributed by atoms with Gasteiger partial charge in [0.05, 0.1) is 20.1 Å². The van der Waals surface area contributed by atoms with Crippen LogP contribution < -0.4 is 19.7 Å². The molecule has 2 amide bonds. The first-order valence-electron chi connectivity index (χ1n) is 13.3. The van der Waals surface area contributed by atoms with E-state index >= 15 is 0 Å². The predicted octanol–water partition coefficient (Wildman–Crippen LogP) is 5.44. The molecule has 0 spiro atoms. The van der Waals surface area contributed by atoms with Crippen LogP contribution in [0.5, 0.6) is 11.5 Å². The standard InChI is InChI=1S/C33H33N3O4/c1-39-29-21-26(22-30(23-29)40-2)33(38)36-19-17-35(18-20-36)28-15-13-27(14-16-28)34-32(37)31(24-9-5-3-6-10-24)25-11-7-4-8-12-25/h3-16,21-23,31H,17-20H2,1-2H3,(H,34,37). The lowest BCUT2D eigenvalue weighted by atomic mass is 9.90. The zero-order valence-corrected chi connectivity index (χ0v) is 22.7. The Labute approximate surface area is 235 Å². The molecule has 204 valence electrons. The molecule has 1 N–H and O–H groups in total. The molecule has 1 fully saturated rings. The van der Waals surface area contributed by atoms with Crippen LogP contribution in [0.2, 0.25) is 0 Å². The number of nitrogens with one attached hydrogen (secondary N) is 1. The van der Waals surface area contributed by atoms with E-state index in [9.17, 15) is 9.59 Å². The Hall–Kier alpha value is -4.78. The first-order chi connectivity index (χ1) is 19.6. The average molecular weight is 536 g/mol. The van der Waals surface area contributed by atoms with Crippen LogP contribution in [0.25, 0.3) is 0 Å². The molecule has 4 aromatic carbocycles. The van der Waals surface area contributed by atoms with Crippen molar-refractivity contribution in [3.8, 4) is 11.5 Å². The second kappa shape index (κ2) is 12.4. The molecule has 0 aliphatic carbocycles. The summed E-state index contributed by atoms with van der Waals surface area (Å²) in [5.74, 6) is 0.657. The van der Waals surface area contributed by atoms with Crippen LogP contribution in [-0.4, -0.2) is 57.1 Å². The minimum absolute atomic E-state index is 0.0405. The number of amides is 2. The fourth-order valence-corrected chi connectivity index (χ4v) is 5.04. The van der Waals surface area contributed by atoms with Crippen molar-refractivity contribution >= 4 is 23.2 Å². The minimum atomic E-state index is -0.405. The summed E-state index contributed by atoms with van der Waals surface area (Å²) in [7, 11) is 3.15. The summed E-state index contributed by atoms with van der Waals surface area (Å²) < 4.78 is 10.6. The van der Waals surface area contributed by atoms with Crippen LogP contribution in [0.4, 0.5) is 11.4 Å². The lowest BCUT2D eigenvalue weighted by molar-refractivity contribution is -0.116. The van der Waals surface area contributed by atoms with E-state index < -0.39 is 5.92 Å². The lowest BCUT2D eigenvalue weighted by Gasteiger charge is -2.36. The first-order valence-corrected chi connectivity index (χ1v) is 13.3. The molecule has 4 aromatic rings. The van der Waals surface area contributed by atoms with Gasteiger partial charge in [0.25, 0.3) is 5.91 Å². The molecule has 1 aliphatic heterocycles. The number of benzene rings is 4. The maximum absolute atomic E-state index is 13.4. The van der Waals surface area contributed by atoms with Crippen LogP contribution >= 0.6 is 0 Å². The summed E-state index contributed by atoms with van der Waals surface area (Å²) in [6.45, 7) is 2.63. The molecule has 0 bridgehead atoms. The smallest absolute Gasteiger partial charge is 0.254 e. The van der Waals surface area contributed by atoms with E-state index in [2.05, 4.69) is 10.2 Å². The topological polar surface area (TPSA) is 71.1 Å². The number of nitrogens with zero attached hydrogens (tertiary/aromatic N) is 2. The highest BCUT2D eigenvalue weighted by atomic mass is 16.5. The second-order valence-corrected chi connectivity index (χ2v) is 9.67. The van der Waals surface area contributed by atoms with E-state index in [1.807, 2.05) is 89.8 Å². The van der Waals surface area contributed by atoms with Crippen LogP contribution in [-0.2, 0) is 4.79 Å². The summed E-state index contributed by atoms with van der Waals surface area (Å²) in [5.41, 5.74) is 4.24. The van der Waals surface area contributed by atoms with Gasteiger partial charge < -0.3 is 24.6 Å². The number of piperazine rings is 1. The van der Waals surface area contributed by atoms with Gasteiger partial charge in [0.15, 0.2) is 0 Å². The Balaban J connectivity index is 1.22. The molecule has 0 aromatic heterocycles. The molecule has 7 heteroatoms. The van der Waals surface area contributed by atoms with Crippen molar-refractivity contribution in [3.05, 3.63) is 120 Å². The van der Waals surface area contributed by atoms with E-state index in [0.717, 1.165) is 22.5 Å². The molecular formula is C33H33N3O4. The third-order valence-corrected chi connectivity index (χ3v) is 7.19. The molecule has 0 saturated carbocycles. The highest BCUT2D eigenvalue weighted by Gasteiger charge is 2.25. The molecule has 1 aliphatic rings. The Morgan fingerprint density at radius 1 is 0.700 bits per heavy atom. The largest absolute Gasteiger partial charge is 0.497 e. The third-order valence-electron chi connectivity index (χ3n) is 7.19. The molecule has 40 heavy (non-hydrogen) atoms. The number of anilines is 2. The second-order valence-electron chi connectivity index (χ2n) is 9.67. The van der Waals surface area contributed by atoms with Gasteiger partial charge in [-0.1, -0.05) is 60.7 Å². The summed E-state index contributed by atoms with van der Waals surface area (Å²) >= 11 is 0. The predicted molar refractivity (Wildman–Crippen MR) is 157 cm³/mol. The van der Waals surface area contributed by atoms with Crippen molar-refractivity contribution < 1.29 is 19.1 Å². The number of carbonyl (C=O) groups is 2. The quantitative estimate of drug-likeness (QED) is 0.326. The van der Waals surface area contributed by atoms with E-state index in [-0.39, 0.29) is 11.8 Å². The fourth-order valence-electron chi connectivity index (χ4n) is 5.04. The molecule has 7 nitrogen and oxygen atoms in total. The van der Waals surface area contributed by atoms with Gasteiger partial charge in [0.1, 0.15) is 11.5 Å². The van der Waals surface area contributed by atoms with Crippen molar-refractivity contribution in [3.63, 3.8) is 0 Å². The van der Waals surface area contributed by atoms with Crippen LogP contribution in [0.15, 0.2) is 103 Å². The van der Waals surface area contributed by atoms with Gasteiger partial charge in [0, 0.05) is 49.2 Å². The Morgan fingerprint density at radius 2 is 1.23 bits per heavy atom. The van der Waals surface area contributed by atoms with Gasteiger partial charge in [0.2, 0.25) is 5.91 Å². The monoisotopic (exact) mass is 535 g/mol. The van der Waals surface area contributed by atoms with Gasteiger partial charge >= 0.3 is 0 Å². The SMILES string of the molecule is COc1cc(OC)cc(C(=O)N2CCN(c3ccc(NC(=O)C(c4ccccc4)c4ccccc4)cc3)CC2)c1. The van der Waals surface area contributed by atoms with Gasteiger partial charge in [-0.2, -0.15) is 0 Å². The molecule has 1 heterocycles. The highest BCUT2D eigenvalue weighted by Crippen LogP contribution is 2.28. The summed E-state index contributed by atoms with van der Waals surface area (Å²) in [5, 5.41) is 3.10. The Bertz CT molecular complexity index is 1370. The third kappa shape index (κ3) is 6.10. The van der Waals surface area contributed by atoms with Crippen LogP contribution in [0, 0.1) is 0 Å². The molecule has 1 saturated heterocycles. The maximum Gasteiger partial charge on any atom is 0.254 e. The number of methoxy groups -OCH3 is 2. The minimum Gasteiger partial charge on any atom is -0.497 e. The Kier molecular flexibility index (Phi) is 8.30. The van der Waals surface area contributed by atoms with Crippen molar-refractivity contribution in [2.45, 2.75) is 5.92 Å². The number of hydrogen-bond donors (Lipinski definition) is 1. The van der Waals surface area contributed by atoms with E-state index in [1.165, 1.54) is 0 Å². The van der Waals surface area contributed by atoms with Crippen molar-refractivity contribution in [2.75, 3.05) is 50.6 Å². The first kappa shape index (κ1) is 26.8. The van der Waals surface area contributed by atoms with Gasteiger partial charge in [-0.15, -0.1) is 0 Å². The highest BCUT2D eigenvalue weighted by molar-refractivity contribution is 5.98. The van der Waals surface area contributed by atoms with E-state index in [4.69, 9.17) is 9.47 Å². The molecule has 0 unspecified atom stereocenters. The van der Waals surface area contributed by atoms with E-state index in [0.29, 0.717) is 43.2 Å². The van der Waals surface area contributed by atoms with Crippen molar-refractivity contribution in [1.29, 1.82) is 0 Å². The van der Waals surface area contributed by atoms with Gasteiger partial charge in [-0.05, 0) is 47.5 Å². The molecule has 5 rings (SSSR count). The number of carbonyl (C=O) groups excluding carboxylic acids is 2. The molecule has 0 radical (unpaired) electrons. The lowest BCUT2D eigenvalue weighted by Crippen LogP contribution is -2.48. The maximum atomic E-state index is 13.4. The van der Waals surface area contributed by atoms with Gasteiger partial charge in [-0.3, -0.25) is 9.59 Å². The zero-order chi connectivity index (χ0) is 27.9. The number of ether oxygens (including phenoxy) is 2. The number of hydrogen-bond acceptors (Lipinski definition) is 5. The Morgan fingerprint density at radius 3 is 1.73 bits per heavy atom. The number of rotatable bonds is 8. The van der Waals surface area contributed by atoms with Crippen LogP contribution in [0.3, 0.4) is 0 Å².